The Kier molecular flexibility index (Phi) is 6.99. The van der Waals surface area contributed by atoms with Crippen molar-refractivity contribution in [1.29, 1.82) is 0 Å². The summed E-state index contributed by atoms with van der Waals surface area (Å²) in [4.78, 5) is 12.6. The highest BCUT2D eigenvalue weighted by atomic mass is 79.9. The molecule has 1 atom stereocenters. The number of benzene rings is 3. The molecule has 1 N–H and O–H groups in total. The number of carbonyl (C=O) groups excluding carboxylic acids is 1. The standard InChI is InChI=1S/C26H28BrNO2/c1-5-19-11-16-24(23(27)17-19)28-25(29)18(2)30-22-14-12-21(13-15-22)26(3,4)20-9-7-6-8-10-20/h6-18H,5H2,1-4H3,(H,28,29). The van der Waals surface area contributed by atoms with Gasteiger partial charge >= 0.3 is 0 Å². The van der Waals surface area contributed by atoms with Crippen LogP contribution in [0.3, 0.4) is 0 Å². The lowest BCUT2D eigenvalue weighted by molar-refractivity contribution is -0.122. The highest BCUT2D eigenvalue weighted by molar-refractivity contribution is 9.10. The lowest BCUT2D eigenvalue weighted by Gasteiger charge is -2.26. The predicted octanol–water partition coefficient (Wildman–Crippen LogP) is 6.74. The molecule has 0 saturated heterocycles. The second-order valence-corrected chi connectivity index (χ2v) is 8.79. The molecule has 30 heavy (non-hydrogen) atoms. The molecule has 0 heterocycles. The predicted molar refractivity (Wildman–Crippen MR) is 127 cm³/mol. The Balaban J connectivity index is 1.65. The molecule has 0 spiro atoms. The van der Waals surface area contributed by atoms with E-state index in [1.54, 1.807) is 6.92 Å². The molecule has 0 bridgehead atoms. The number of hydrogen-bond donors (Lipinski definition) is 1. The van der Waals surface area contributed by atoms with Gasteiger partial charge in [-0.25, -0.2) is 0 Å². The first kappa shape index (κ1) is 22.1. The quantitative estimate of drug-likeness (QED) is 0.419. The summed E-state index contributed by atoms with van der Waals surface area (Å²) in [7, 11) is 0. The van der Waals surface area contributed by atoms with Crippen molar-refractivity contribution >= 4 is 27.5 Å². The van der Waals surface area contributed by atoms with Crippen LogP contribution in [0.5, 0.6) is 5.75 Å². The van der Waals surface area contributed by atoms with Crippen LogP contribution in [0.4, 0.5) is 5.69 Å². The van der Waals surface area contributed by atoms with Crippen molar-refractivity contribution in [2.75, 3.05) is 5.32 Å². The molecule has 3 rings (SSSR count). The second-order valence-electron chi connectivity index (χ2n) is 7.93. The van der Waals surface area contributed by atoms with Gasteiger partial charge in [-0.15, -0.1) is 0 Å². The minimum Gasteiger partial charge on any atom is -0.481 e. The lowest BCUT2D eigenvalue weighted by atomic mass is 9.78. The first-order chi connectivity index (χ1) is 14.3. The second kappa shape index (κ2) is 9.48. The zero-order valence-electron chi connectivity index (χ0n) is 17.9. The van der Waals surface area contributed by atoms with Crippen molar-refractivity contribution in [3.8, 4) is 5.75 Å². The normalized spacial score (nSPS) is 12.3. The molecular formula is C26H28BrNO2. The Bertz CT molecular complexity index is 997. The molecule has 0 aromatic heterocycles. The maximum atomic E-state index is 12.6. The number of carbonyl (C=O) groups is 1. The molecule has 156 valence electrons. The molecule has 1 amide bonds. The highest BCUT2D eigenvalue weighted by Gasteiger charge is 2.23. The summed E-state index contributed by atoms with van der Waals surface area (Å²) >= 11 is 3.52. The van der Waals surface area contributed by atoms with Gasteiger partial charge in [0.2, 0.25) is 0 Å². The SMILES string of the molecule is CCc1ccc(NC(=O)C(C)Oc2ccc(C(C)(C)c3ccccc3)cc2)c(Br)c1. The number of halogens is 1. The van der Waals surface area contributed by atoms with Gasteiger partial charge in [-0.3, -0.25) is 4.79 Å². The monoisotopic (exact) mass is 465 g/mol. The van der Waals surface area contributed by atoms with Crippen molar-refractivity contribution < 1.29 is 9.53 Å². The van der Waals surface area contributed by atoms with Crippen LogP contribution in [-0.4, -0.2) is 12.0 Å². The van der Waals surface area contributed by atoms with Crippen LogP contribution >= 0.6 is 15.9 Å². The highest BCUT2D eigenvalue weighted by Crippen LogP contribution is 2.32. The molecule has 0 aliphatic carbocycles. The minimum atomic E-state index is -0.615. The number of rotatable bonds is 7. The summed E-state index contributed by atoms with van der Waals surface area (Å²) in [5.41, 5.74) is 4.29. The minimum absolute atomic E-state index is 0.111. The van der Waals surface area contributed by atoms with Crippen LogP contribution in [0.25, 0.3) is 0 Å². The van der Waals surface area contributed by atoms with Crippen LogP contribution in [0.15, 0.2) is 77.3 Å². The smallest absolute Gasteiger partial charge is 0.265 e. The van der Waals surface area contributed by atoms with E-state index in [0.717, 1.165) is 16.6 Å². The molecule has 4 heteroatoms. The van der Waals surface area contributed by atoms with Gasteiger partial charge in [-0.1, -0.05) is 69.3 Å². The number of ether oxygens (including phenoxy) is 1. The number of anilines is 1. The largest absolute Gasteiger partial charge is 0.481 e. The molecule has 3 aromatic carbocycles. The Labute approximate surface area is 187 Å². The summed E-state index contributed by atoms with van der Waals surface area (Å²) in [6.45, 7) is 8.26. The topological polar surface area (TPSA) is 38.3 Å². The van der Waals surface area contributed by atoms with E-state index in [9.17, 15) is 4.79 Å². The van der Waals surface area contributed by atoms with E-state index in [4.69, 9.17) is 4.74 Å². The van der Waals surface area contributed by atoms with E-state index < -0.39 is 6.10 Å². The van der Waals surface area contributed by atoms with Gasteiger partial charge in [0.15, 0.2) is 6.10 Å². The van der Waals surface area contributed by atoms with E-state index in [0.29, 0.717) is 5.75 Å². The van der Waals surface area contributed by atoms with E-state index in [1.165, 1.54) is 16.7 Å². The van der Waals surface area contributed by atoms with Gasteiger partial charge < -0.3 is 10.1 Å². The molecule has 0 aliphatic rings. The molecule has 0 radical (unpaired) electrons. The third kappa shape index (κ3) is 5.11. The van der Waals surface area contributed by atoms with Crippen molar-refractivity contribution in [2.24, 2.45) is 0 Å². The number of amides is 1. The van der Waals surface area contributed by atoms with Gasteiger partial charge in [-0.05, 0) is 70.2 Å². The molecule has 3 aromatic rings. The van der Waals surface area contributed by atoms with Crippen LogP contribution < -0.4 is 10.1 Å². The zero-order valence-corrected chi connectivity index (χ0v) is 19.5. The average molecular weight is 466 g/mol. The fraction of sp³-hybridized carbons (Fsp3) is 0.269. The Hall–Kier alpha value is -2.59. The van der Waals surface area contributed by atoms with Crippen molar-refractivity contribution in [3.05, 3.63) is 94.0 Å². The van der Waals surface area contributed by atoms with Crippen LogP contribution in [0, 0.1) is 0 Å². The number of aryl methyl sites for hydroxylation is 1. The van der Waals surface area contributed by atoms with E-state index >= 15 is 0 Å². The summed E-state index contributed by atoms with van der Waals surface area (Å²) in [5, 5.41) is 2.93. The maximum Gasteiger partial charge on any atom is 0.265 e. The molecule has 0 fully saturated rings. The van der Waals surface area contributed by atoms with Gasteiger partial charge in [0.1, 0.15) is 5.75 Å². The fourth-order valence-electron chi connectivity index (χ4n) is 3.34. The first-order valence-electron chi connectivity index (χ1n) is 10.2. The third-order valence-corrected chi connectivity index (χ3v) is 6.11. The molecule has 0 saturated carbocycles. The Morgan fingerprint density at radius 2 is 1.63 bits per heavy atom. The zero-order chi connectivity index (χ0) is 21.7. The third-order valence-electron chi connectivity index (χ3n) is 5.45. The first-order valence-corrected chi connectivity index (χ1v) is 11.0. The maximum absolute atomic E-state index is 12.6. The van der Waals surface area contributed by atoms with Crippen molar-refractivity contribution in [1.82, 2.24) is 0 Å². The van der Waals surface area contributed by atoms with E-state index in [2.05, 4.69) is 78.4 Å². The molecule has 3 nitrogen and oxygen atoms in total. The van der Waals surface area contributed by atoms with Gasteiger partial charge in [-0.2, -0.15) is 0 Å². The lowest BCUT2D eigenvalue weighted by Crippen LogP contribution is -2.30. The number of hydrogen-bond acceptors (Lipinski definition) is 2. The van der Waals surface area contributed by atoms with Gasteiger partial charge in [0.05, 0.1) is 5.69 Å². The molecule has 0 aliphatic heterocycles. The average Bonchev–Trinajstić information content (AvgIpc) is 2.76. The fourth-order valence-corrected chi connectivity index (χ4v) is 3.87. The summed E-state index contributed by atoms with van der Waals surface area (Å²) < 4.78 is 6.75. The summed E-state index contributed by atoms with van der Waals surface area (Å²) in [6.07, 6.45) is 0.333. The molecular weight excluding hydrogens is 438 g/mol. The summed E-state index contributed by atoms with van der Waals surface area (Å²) in [6, 6.07) is 24.3. The van der Waals surface area contributed by atoms with E-state index in [-0.39, 0.29) is 11.3 Å². The Morgan fingerprint density at radius 1 is 1.00 bits per heavy atom. The Morgan fingerprint density at radius 3 is 2.23 bits per heavy atom. The number of nitrogens with one attached hydrogen (secondary N) is 1. The van der Waals surface area contributed by atoms with Gasteiger partial charge in [0, 0.05) is 9.89 Å². The van der Waals surface area contributed by atoms with Crippen molar-refractivity contribution in [2.45, 2.75) is 45.6 Å². The van der Waals surface area contributed by atoms with E-state index in [1.807, 2.05) is 36.4 Å². The summed E-state index contributed by atoms with van der Waals surface area (Å²) in [5.74, 6) is 0.485. The van der Waals surface area contributed by atoms with Crippen LogP contribution in [0.2, 0.25) is 0 Å². The van der Waals surface area contributed by atoms with Gasteiger partial charge in [0.25, 0.3) is 5.91 Å². The van der Waals surface area contributed by atoms with Crippen LogP contribution in [0.1, 0.15) is 44.4 Å². The molecule has 1 unspecified atom stereocenters. The van der Waals surface area contributed by atoms with Crippen molar-refractivity contribution in [3.63, 3.8) is 0 Å². The van der Waals surface area contributed by atoms with Crippen LogP contribution in [-0.2, 0) is 16.6 Å².